The van der Waals surface area contributed by atoms with Gasteiger partial charge >= 0.3 is 0 Å². The number of thioether (sulfide) groups is 1. The fourth-order valence-electron chi connectivity index (χ4n) is 2.98. The molecule has 0 aromatic carbocycles. The van der Waals surface area contributed by atoms with Crippen molar-refractivity contribution in [2.75, 3.05) is 5.75 Å². The fraction of sp³-hybridized carbons (Fsp3) is 0.450. The van der Waals surface area contributed by atoms with Gasteiger partial charge in [0.2, 0.25) is 0 Å². The van der Waals surface area contributed by atoms with Crippen LogP contribution in [0.15, 0.2) is 22.5 Å². The molecule has 0 unspecified atom stereocenters. The first-order valence-corrected chi connectivity index (χ1v) is 10.4. The zero-order valence-corrected chi connectivity index (χ0v) is 16.5. The number of rotatable bonds is 4. The molecular formula is C20H22N2OS2. The van der Waals surface area contributed by atoms with Gasteiger partial charge in [0.05, 0.1) is 21.9 Å². The number of carbonyl (C=O) groups excluding carboxylic acids is 1. The van der Waals surface area contributed by atoms with Crippen LogP contribution >= 0.6 is 23.1 Å². The first-order valence-electron chi connectivity index (χ1n) is 8.57. The van der Waals surface area contributed by atoms with Crippen LogP contribution in [-0.4, -0.2) is 16.5 Å². The van der Waals surface area contributed by atoms with Gasteiger partial charge in [-0.2, -0.15) is 5.26 Å². The largest absolute Gasteiger partial charge is 0.298 e. The molecule has 0 spiro atoms. The second-order valence-electron chi connectivity index (χ2n) is 7.36. The fourth-order valence-corrected chi connectivity index (χ4v) is 4.90. The van der Waals surface area contributed by atoms with Crippen molar-refractivity contribution in [2.45, 2.75) is 51.5 Å². The Bertz CT molecular complexity index is 827. The van der Waals surface area contributed by atoms with Crippen LogP contribution in [0, 0.1) is 16.7 Å². The quantitative estimate of drug-likeness (QED) is 0.688. The molecule has 1 aliphatic rings. The average Bonchev–Trinajstić information content (AvgIpc) is 3.12. The molecule has 0 aliphatic heterocycles. The minimum atomic E-state index is -0.370. The van der Waals surface area contributed by atoms with Gasteiger partial charge in [-0.3, -0.25) is 4.79 Å². The van der Waals surface area contributed by atoms with Crippen LogP contribution in [0.5, 0.6) is 0 Å². The first-order chi connectivity index (χ1) is 11.9. The van der Waals surface area contributed by atoms with E-state index < -0.39 is 0 Å². The summed E-state index contributed by atoms with van der Waals surface area (Å²) in [5.41, 5.74) is 3.70. The molecule has 0 N–H and O–H groups in total. The molecule has 0 amide bonds. The number of pyridine rings is 1. The highest BCUT2D eigenvalue weighted by molar-refractivity contribution is 8.00. The third-order valence-electron chi connectivity index (χ3n) is 4.53. The maximum atomic E-state index is 12.3. The second-order valence-corrected chi connectivity index (χ2v) is 9.27. The van der Waals surface area contributed by atoms with E-state index in [1.54, 1.807) is 11.3 Å². The summed E-state index contributed by atoms with van der Waals surface area (Å²) in [5.74, 6) is 0.534. The molecule has 3 rings (SSSR count). The molecule has 25 heavy (non-hydrogen) atoms. The Hall–Kier alpha value is -1.64. The molecule has 0 fully saturated rings. The van der Waals surface area contributed by atoms with E-state index in [-0.39, 0.29) is 11.2 Å². The number of nitrogens with zero attached hydrogens (tertiary/aromatic N) is 2. The van der Waals surface area contributed by atoms with Crippen LogP contribution in [0.2, 0.25) is 0 Å². The van der Waals surface area contributed by atoms with Gasteiger partial charge in [-0.05, 0) is 48.3 Å². The summed E-state index contributed by atoms with van der Waals surface area (Å²) < 4.78 is 0. The predicted octanol–water partition coefficient (Wildman–Crippen LogP) is 5.27. The molecule has 2 aromatic rings. The molecule has 3 nitrogen and oxygen atoms in total. The average molecular weight is 371 g/mol. The van der Waals surface area contributed by atoms with Crippen LogP contribution in [0.25, 0.3) is 10.6 Å². The number of ketones is 1. The minimum Gasteiger partial charge on any atom is -0.298 e. The lowest BCUT2D eigenvalue weighted by Gasteiger charge is -2.22. The molecule has 0 bridgehead atoms. The molecule has 0 saturated heterocycles. The zero-order valence-electron chi connectivity index (χ0n) is 14.9. The Morgan fingerprint density at radius 3 is 2.64 bits per heavy atom. The number of carbonyl (C=O) groups is 1. The molecule has 2 heterocycles. The van der Waals surface area contributed by atoms with Gasteiger partial charge in [-0.25, -0.2) is 4.98 Å². The zero-order chi connectivity index (χ0) is 18.0. The Kier molecular flexibility index (Phi) is 5.31. The van der Waals surface area contributed by atoms with Gasteiger partial charge < -0.3 is 0 Å². The van der Waals surface area contributed by atoms with Crippen molar-refractivity contribution in [1.29, 1.82) is 5.26 Å². The monoisotopic (exact) mass is 370 g/mol. The van der Waals surface area contributed by atoms with Crippen LogP contribution < -0.4 is 0 Å². The molecule has 1 aliphatic carbocycles. The smallest absolute Gasteiger partial charge is 0.148 e. The van der Waals surface area contributed by atoms with E-state index in [1.807, 2.05) is 26.8 Å². The minimum absolute atomic E-state index is 0.179. The van der Waals surface area contributed by atoms with Gasteiger partial charge in [0.1, 0.15) is 16.9 Å². The Balaban J connectivity index is 2.04. The third kappa shape index (κ3) is 3.80. The lowest BCUT2D eigenvalue weighted by atomic mass is 9.88. The van der Waals surface area contributed by atoms with Crippen LogP contribution in [-0.2, 0) is 17.6 Å². The standard InChI is InChI=1S/C20H22N2OS2/c1-20(2,3)17(23)12-25-19-15(11-21)13-7-4-5-8-14(13)18(22-19)16-9-6-10-24-16/h6,9-10H,4-5,7-8,12H2,1-3H3. The van der Waals surface area contributed by atoms with Crippen molar-refractivity contribution < 1.29 is 4.79 Å². The Morgan fingerprint density at radius 1 is 1.32 bits per heavy atom. The molecule has 2 aromatic heterocycles. The summed E-state index contributed by atoms with van der Waals surface area (Å²) in [4.78, 5) is 18.3. The normalized spacial score (nSPS) is 14.0. The van der Waals surface area contributed by atoms with Gasteiger partial charge in [0.15, 0.2) is 0 Å². The van der Waals surface area contributed by atoms with Gasteiger partial charge in [-0.15, -0.1) is 11.3 Å². The highest BCUT2D eigenvalue weighted by Crippen LogP contribution is 2.38. The summed E-state index contributed by atoms with van der Waals surface area (Å²) in [6, 6.07) is 6.49. The lowest BCUT2D eigenvalue weighted by Crippen LogP contribution is -2.22. The lowest BCUT2D eigenvalue weighted by molar-refractivity contribution is -0.123. The van der Waals surface area contributed by atoms with Crippen LogP contribution in [0.1, 0.15) is 50.3 Å². The van der Waals surface area contributed by atoms with Crippen LogP contribution in [0.4, 0.5) is 0 Å². The maximum Gasteiger partial charge on any atom is 0.148 e. The predicted molar refractivity (Wildman–Crippen MR) is 104 cm³/mol. The number of hydrogen-bond donors (Lipinski definition) is 0. The molecule has 0 atom stereocenters. The summed E-state index contributed by atoms with van der Waals surface area (Å²) in [5, 5.41) is 12.5. The number of Topliss-reactive ketones (excluding diaryl/α,β-unsaturated/α-hetero) is 1. The maximum absolute atomic E-state index is 12.3. The number of fused-ring (bicyclic) bond motifs is 1. The van der Waals surface area contributed by atoms with E-state index in [2.05, 4.69) is 17.5 Å². The van der Waals surface area contributed by atoms with Crippen molar-refractivity contribution >= 4 is 28.9 Å². The molecule has 0 radical (unpaired) electrons. The molecule has 0 saturated carbocycles. The van der Waals surface area contributed by atoms with Crippen molar-refractivity contribution in [3.05, 3.63) is 34.2 Å². The van der Waals surface area contributed by atoms with Crippen LogP contribution in [0.3, 0.4) is 0 Å². The van der Waals surface area contributed by atoms with Gasteiger partial charge in [0, 0.05) is 5.41 Å². The summed E-state index contributed by atoms with van der Waals surface area (Å²) in [6.07, 6.45) is 4.17. The van der Waals surface area contributed by atoms with E-state index in [0.29, 0.717) is 16.3 Å². The van der Waals surface area contributed by atoms with Gasteiger partial charge in [-0.1, -0.05) is 38.6 Å². The summed E-state index contributed by atoms with van der Waals surface area (Å²) in [7, 11) is 0. The molecule has 5 heteroatoms. The van der Waals surface area contributed by atoms with E-state index in [0.717, 1.165) is 41.8 Å². The molecule has 130 valence electrons. The van der Waals surface area contributed by atoms with E-state index >= 15 is 0 Å². The number of aromatic nitrogens is 1. The Labute approximate surface area is 157 Å². The van der Waals surface area contributed by atoms with E-state index in [9.17, 15) is 10.1 Å². The summed E-state index contributed by atoms with van der Waals surface area (Å²) >= 11 is 3.09. The Morgan fingerprint density at radius 2 is 2.04 bits per heavy atom. The summed E-state index contributed by atoms with van der Waals surface area (Å²) in [6.45, 7) is 5.79. The third-order valence-corrected chi connectivity index (χ3v) is 6.38. The second kappa shape index (κ2) is 7.31. The van der Waals surface area contributed by atoms with Crippen molar-refractivity contribution in [1.82, 2.24) is 4.98 Å². The van der Waals surface area contributed by atoms with Crippen molar-refractivity contribution in [3.63, 3.8) is 0 Å². The topological polar surface area (TPSA) is 53.8 Å². The molecular weight excluding hydrogens is 348 g/mol. The van der Waals surface area contributed by atoms with Crippen molar-refractivity contribution in [3.8, 4) is 16.6 Å². The van der Waals surface area contributed by atoms with Crippen molar-refractivity contribution in [2.24, 2.45) is 5.41 Å². The highest BCUT2D eigenvalue weighted by Gasteiger charge is 2.26. The van der Waals surface area contributed by atoms with Gasteiger partial charge in [0.25, 0.3) is 0 Å². The number of hydrogen-bond acceptors (Lipinski definition) is 5. The number of nitriles is 1. The number of thiophene rings is 1. The highest BCUT2D eigenvalue weighted by atomic mass is 32.2. The van der Waals surface area contributed by atoms with E-state index in [4.69, 9.17) is 4.98 Å². The first kappa shape index (κ1) is 18.2. The SMILES string of the molecule is CC(C)(C)C(=O)CSc1nc(-c2cccs2)c2c(c1C#N)CCCC2. The van der Waals surface area contributed by atoms with E-state index in [1.165, 1.54) is 17.3 Å².